The van der Waals surface area contributed by atoms with Crippen molar-refractivity contribution >= 4 is 33.5 Å². The normalized spacial score (nSPS) is 10.8. The number of anilines is 2. The van der Waals surface area contributed by atoms with E-state index in [1.165, 1.54) is 31.3 Å². The molecule has 0 atom stereocenters. The molecular formula is C23H21N3O6S. The molecule has 0 saturated carbocycles. The lowest BCUT2D eigenvalue weighted by atomic mass is 10.2. The summed E-state index contributed by atoms with van der Waals surface area (Å²) in [5.41, 5.74) is 0.965. The molecule has 1 amide bonds. The van der Waals surface area contributed by atoms with Gasteiger partial charge in [-0.15, -0.1) is 0 Å². The van der Waals surface area contributed by atoms with Crippen molar-refractivity contribution in [1.29, 1.82) is 5.26 Å². The van der Waals surface area contributed by atoms with Gasteiger partial charge in [0.05, 0.1) is 11.3 Å². The molecule has 10 heteroatoms. The first-order chi connectivity index (χ1) is 15.7. The number of nitrogens with one attached hydrogen (secondary N) is 1. The monoisotopic (exact) mass is 467 g/mol. The fraction of sp³-hybridized carbons (Fsp3) is 0.174. The fourth-order valence-corrected chi connectivity index (χ4v) is 4.38. The molecule has 0 unspecified atom stereocenters. The van der Waals surface area contributed by atoms with Gasteiger partial charge in [-0.2, -0.15) is 5.26 Å². The molecule has 170 valence electrons. The minimum atomic E-state index is -4.08. The summed E-state index contributed by atoms with van der Waals surface area (Å²) in [6.07, 6.45) is 0. The van der Waals surface area contributed by atoms with E-state index in [2.05, 4.69) is 5.32 Å². The van der Waals surface area contributed by atoms with Crippen LogP contribution in [0.4, 0.5) is 11.6 Å². The lowest BCUT2D eigenvalue weighted by molar-refractivity contribution is -0.119. The highest BCUT2D eigenvalue weighted by Gasteiger charge is 2.28. The minimum absolute atomic E-state index is 0.0407. The largest absolute Gasteiger partial charge is 0.452 e. The first-order valence-electron chi connectivity index (χ1n) is 9.77. The summed E-state index contributed by atoms with van der Waals surface area (Å²) in [6.45, 7) is 2.62. The number of ether oxygens (including phenoxy) is 1. The van der Waals surface area contributed by atoms with Crippen LogP contribution >= 0.6 is 0 Å². The van der Waals surface area contributed by atoms with Gasteiger partial charge in [0.2, 0.25) is 5.88 Å². The SMILES string of the molecule is Cc1oc(NC(=O)COC(=O)c2ccccc2S(=O)(=O)N(C)c2ccccc2)c(C#N)c1C. The second kappa shape index (κ2) is 9.58. The molecule has 9 nitrogen and oxygen atoms in total. The van der Waals surface area contributed by atoms with Gasteiger partial charge < -0.3 is 9.15 Å². The van der Waals surface area contributed by atoms with Crippen LogP contribution in [-0.2, 0) is 19.6 Å². The van der Waals surface area contributed by atoms with E-state index in [1.807, 2.05) is 6.07 Å². The molecule has 1 heterocycles. The minimum Gasteiger partial charge on any atom is -0.452 e. The molecule has 0 fully saturated rings. The summed E-state index contributed by atoms with van der Waals surface area (Å²) in [4.78, 5) is 24.6. The average Bonchev–Trinajstić information content (AvgIpc) is 3.09. The number of hydrogen-bond acceptors (Lipinski definition) is 7. The Bertz CT molecular complexity index is 1340. The van der Waals surface area contributed by atoms with Crippen LogP contribution in [0.15, 0.2) is 63.9 Å². The van der Waals surface area contributed by atoms with Gasteiger partial charge in [0.1, 0.15) is 22.3 Å². The first-order valence-corrected chi connectivity index (χ1v) is 11.2. The van der Waals surface area contributed by atoms with Crippen molar-refractivity contribution in [3.05, 3.63) is 77.0 Å². The Morgan fingerprint density at radius 1 is 1.09 bits per heavy atom. The highest BCUT2D eigenvalue weighted by molar-refractivity contribution is 7.92. The van der Waals surface area contributed by atoms with Gasteiger partial charge in [-0.3, -0.25) is 14.4 Å². The molecule has 0 aliphatic rings. The van der Waals surface area contributed by atoms with E-state index >= 15 is 0 Å². The third-order valence-electron chi connectivity index (χ3n) is 4.95. The lowest BCUT2D eigenvalue weighted by Crippen LogP contribution is -2.28. The van der Waals surface area contributed by atoms with E-state index in [-0.39, 0.29) is 21.9 Å². The van der Waals surface area contributed by atoms with Crippen LogP contribution in [0, 0.1) is 25.2 Å². The molecule has 1 aromatic heterocycles. The van der Waals surface area contributed by atoms with Crippen LogP contribution in [0.25, 0.3) is 0 Å². The number of benzene rings is 2. The zero-order chi connectivity index (χ0) is 24.2. The Morgan fingerprint density at radius 2 is 1.73 bits per heavy atom. The number of nitrogens with zero attached hydrogens (tertiary/aromatic N) is 2. The number of rotatable bonds is 7. The molecule has 0 saturated heterocycles. The second-order valence-corrected chi connectivity index (χ2v) is 8.97. The number of amides is 1. The number of para-hydroxylation sites is 1. The average molecular weight is 468 g/mol. The Kier molecular flexibility index (Phi) is 6.84. The third kappa shape index (κ3) is 4.88. The van der Waals surface area contributed by atoms with Crippen molar-refractivity contribution in [2.75, 3.05) is 23.3 Å². The summed E-state index contributed by atoms with van der Waals surface area (Å²) in [6, 6.07) is 15.9. The lowest BCUT2D eigenvalue weighted by Gasteiger charge is -2.20. The number of furan rings is 1. The highest BCUT2D eigenvalue weighted by atomic mass is 32.2. The van der Waals surface area contributed by atoms with Crippen LogP contribution in [0.1, 0.15) is 27.2 Å². The molecule has 33 heavy (non-hydrogen) atoms. The summed E-state index contributed by atoms with van der Waals surface area (Å²) >= 11 is 0. The number of esters is 1. The second-order valence-electron chi connectivity index (χ2n) is 7.03. The smallest absolute Gasteiger partial charge is 0.340 e. The Morgan fingerprint density at radius 3 is 2.39 bits per heavy atom. The van der Waals surface area contributed by atoms with E-state index in [9.17, 15) is 23.3 Å². The Hall–Kier alpha value is -4.10. The number of hydrogen-bond donors (Lipinski definition) is 1. The van der Waals surface area contributed by atoms with E-state index in [1.54, 1.807) is 44.2 Å². The zero-order valence-electron chi connectivity index (χ0n) is 18.2. The fourth-order valence-electron chi connectivity index (χ4n) is 3.01. The third-order valence-corrected chi connectivity index (χ3v) is 6.79. The topological polar surface area (TPSA) is 130 Å². The molecule has 2 aromatic carbocycles. The van der Waals surface area contributed by atoms with Crippen molar-refractivity contribution in [3.8, 4) is 6.07 Å². The Labute approximate surface area is 191 Å². The van der Waals surface area contributed by atoms with Crippen LogP contribution in [0.5, 0.6) is 0 Å². The maximum absolute atomic E-state index is 13.1. The highest BCUT2D eigenvalue weighted by Crippen LogP contribution is 2.26. The van der Waals surface area contributed by atoms with Crippen molar-refractivity contribution in [2.45, 2.75) is 18.7 Å². The van der Waals surface area contributed by atoms with Gasteiger partial charge in [0.25, 0.3) is 15.9 Å². The molecule has 3 rings (SSSR count). The van der Waals surface area contributed by atoms with Crippen molar-refractivity contribution < 1.29 is 27.2 Å². The standard InChI is InChI=1S/C23H21N3O6S/c1-15-16(2)32-22(19(15)13-24)25-21(27)14-31-23(28)18-11-7-8-12-20(18)33(29,30)26(3)17-9-5-4-6-10-17/h4-12H,14H2,1-3H3,(H,25,27). The summed E-state index contributed by atoms with van der Waals surface area (Å²) < 4.78 is 37.7. The van der Waals surface area contributed by atoms with Gasteiger partial charge in [-0.25, -0.2) is 13.2 Å². The summed E-state index contributed by atoms with van der Waals surface area (Å²) in [5.74, 6) is -1.30. The quantitative estimate of drug-likeness (QED) is 0.527. The molecule has 0 aliphatic heterocycles. The van der Waals surface area contributed by atoms with Crippen LogP contribution in [0.3, 0.4) is 0 Å². The number of aryl methyl sites for hydroxylation is 1. The molecule has 0 radical (unpaired) electrons. The first kappa shape index (κ1) is 23.6. The molecular weight excluding hydrogens is 446 g/mol. The van der Waals surface area contributed by atoms with Crippen LogP contribution in [0.2, 0.25) is 0 Å². The molecule has 3 aromatic rings. The van der Waals surface area contributed by atoms with Gasteiger partial charge in [-0.1, -0.05) is 30.3 Å². The maximum Gasteiger partial charge on any atom is 0.340 e. The van der Waals surface area contributed by atoms with Crippen molar-refractivity contribution in [2.24, 2.45) is 0 Å². The maximum atomic E-state index is 13.1. The number of nitriles is 1. The van der Waals surface area contributed by atoms with E-state index < -0.39 is 28.5 Å². The van der Waals surface area contributed by atoms with Crippen molar-refractivity contribution in [3.63, 3.8) is 0 Å². The predicted octanol–water partition coefficient (Wildman–Crippen LogP) is 3.39. The van der Waals surface area contributed by atoms with E-state index in [0.717, 1.165) is 4.31 Å². The summed E-state index contributed by atoms with van der Waals surface area (Å²) in [5, 5.41) is 11.6. The predicted molar refractivity (Wildman–Crippen MR) is 120 cm³/mol. The van der Waals surface area contributed by atoms with E-state index in [4.69, 9.17) is 9.15 Å². The molecule has 0 bridgehead atoms. The molecule has 0 aliphatic carbocycles. The van der Waals surface area contributed by atoms with Gasteiger partial charge in [0, 0.05) is 12.6 Å². The number of carbonyl (C=O) groups is 2. The van der Waals surface area contributed by atoms with Gasteiger partial charge >= 0.3 is 5.97 Å². The molecule has 0 spiro atoms. The van der Waals surface area contributed by atoms with Gasteiger partial charge in [-0.05, 0) is 38.1 Å². The van der Waals surface area contributed by atoms with E-state index in [0.29, 0.717) is 17.0 Å². The number of carbonyl (C=O) groups excluding carboxylic acids is 2. The van der Waals surface area contributed by atoms with Crippen LogP contribution in [-0.4, -0.2) is 33.9 Å². The molecule has 1 N–H and O–H groups in total. The van der Waals surface area contributed by atoms with Gasteiger partial charge in [0.15, 0.2) is 6.61 Å². The van der Waals surface area contributed by atoms with Crippen molar-refractivity contribution in [1.82, 2.24) is 0 Å². The van der Waals surface area contributed by atoms with Crippen LogP contribution < -0.4 is 9.62 Å². The summed E-state index contributed by atoms with van der Waals surface area (Å²) in [7, 11) is -2.71. The number of sulfonamides is 1. The Balaban J connectivity index is 1.76. The zero-order valence-corrected chi connectivity index (χ0v) is 19.0.